The number of nitrogens with one attached hydrogen (secondary N) is 1. The molecule has 1 fully saturated rings. The molecule has 0 spiro atoms. The van der Waals surface area contributed by atoms with Gasteiger partial charge in [-0.1, -0.05) is 25.9 Å². The average molecular weight is 296 g/mol. The maximum absolute atomic E-state index is 5.40. The van der Waals surface area contributed by atoms with E-state index in [1.165, 1.54) is 12.8 Å². The van der Waals surface area contributed by atoms with E-state index in [4.69, 9.17) is 9.26 Å². The van der Waals surface area contributed by atoms with Crippen LogP contribution in [0.2, 0.25) is 0 Å². The summed E-state index contributed by atoms with van der Waals surface area (Å²) in [4.78, 5) is 6.85. The Kier molecular flexibility index (Phi) is 5.72. The summed E-state index contributed by atoms with van der Waals surface area (Å²) in [5.74, 6) is 1.46. The Bertz CT molecular complexity index is 422. The van der Waals surface area contributed by atoms with E-state index in [0.29, 0.717) is 25.1 Å². The molecule has 1 aromatic heterocycles. The van der Waals surface area contributed by atoms with Crippen LogP contribution in [0.25, 0.3) is 0 Å². The van der Waals surface area contributed by atoms with Gasteiger partial charge in [0.2, 0.25) is 5.89 Å². The lowest BCUT2D eigenvalue weighted by molar-refractivity contribution is 0.129. The van der Waals surface area contributed by atoms with Crippen molar-refractivity contribution in [1.29, 1.82) is 0 Å². The first-order valence-electron chi connectivity index (χ1n) is 7.77. The van der Waals surface area contributed by atoms with Crippen molar-refractivity contribution in [3.05, 3.63) is 11.7 Å². The topological polar surface area (TPSA) is 63.4 Å². The molecule has 0 saturated carbocycles. The monoisotopic (exact) mass is 296 g/mol. The van der Waals surface area contributed by atoms with Crippen LogP contribution in [0.5, 0.6) is 0 Å². The molecule has 0 radical (unpaired) electrons. The fourth-order valence-electron chi connectivity index (χ4n) is 2.49. The molecule has 1 aromatic rings. The van der Waals surface area contributed by atoms with E-state index in [1.54, 1.807) is 7.11 Å². The number of ether oxygens (including phenoxy) is 1. The fourth-order valence-corrected chi connectivity index (χ4v) is 2.49. The summed E-state index contributed by atoms with van der Waals surface area (Å²) in [6.07, 6.45) is 2.50. The second kappa shape index (κ2) is 7.33. The lowest BCUT2D eigenvalue weighted by atomic mass is 9.96. The van der Waals surface area contributed by atoms with Crippen molar-refractivity contribution in [1.82, 2.24) is 20.4 Å². The van der Waals surface area contributed by atoms with Crippen LogP contribution in [0, 0.1) is 0 Å². The van der Waals surface area contributed by atoms with Gasteiger partial charge in [0, 0.05) is 31.7 Å². The number of aromatic nitrogens is 2. The van der Waals surface area contributed by atoms with Gasteiger partial charge in [0.25, 0.3) is 0 Å². The van der Waals surface area contributed by atoms with Crippen LogP contribution in [-0.4, -0.2) is 54.4 Å². The molecule has 0 amide bonds. The zero-order valence-electron chi connectivity index (χ0n) is 13.7. The van der Waals surface area contributed by atoms with Gasteiger partial charge in [-0.25, -0.2) is 0 Å². The Balaban J connectivity index is 1.94. The Morgan fingerprint density at radius 1 is 1.43 bits per heavy atom. The molecule has 21 heavy (non-hydrogen) atoms. The van der Waals surface area contributed by atoms with Gasteiger partial charge >= 0.3 is 0 Å². The Morgan fingerprint density at radius 3 is 2.81 bits per heavy atom. The van der Waals surface area contributed by atoms with Crippen LogP contribution in [0.1, 0.15) is 45.3 Å². The maximum Gasteiger partial charge on any atom is 0.240 e. The average Bonchev–Trinajstić information content (AvgIpc) is 3.06. The third-order valence-electron chi connectivity index (χ3n) is 3.75. The normalized spacial score (nSPS) is 19.6. The highest BCUT2D eigenvalue weighted by Gasteiger charge is 2.23. The standard InChI is InChI=1S/C15H28N4O2/c1-15(2,3)14-17-13(21-18-14)11-19(8-9-20-4)10-12-6-5-7-16-12/h12,16H,5-11H2,1-4H3. The zero-order valence-corrected chi connectivity index (χ0v) is 13.7. The molecule has 1 aliphatic rings. The molecule has 0 aliphatic carbocycles. The van der Waals surface area contributed by atoms with Crippen LogP contribution in [0.15, 0.2) is 4.52 Å². The van der Waals surface area contributed by atoms with Gasteiger partial charge in [-0.3, -0.25) is 4.90 Å². The second-order valence-corrected chi connectivity index (χ2v) is 6.78. The fraction of sp³-hybridized carbons (Fsp3) is 0.867. The molecule has 1 unspecified atom stereocenters. The Labute approximate surface area is 127 Å². The molecule has 1 saturated heterocycles. The summed E-state index contributed by atoms with van der Waals surface area (Å²) in [6, 6.07) is 0.562. The minimum Gasteiger partial charge on any atom is -0.383 e. The van der Waals surface area contributed by atoms with Crippen molar-refractivity contribution >= 4 is 0 Å². The predicted molar refractivity (Wildman–Crippen MR) is 81.2 cm³/mol. The molecule has 120 valence electrons. The molecule has 1 N–H and O–H groups in total. The van der Waals surface area contributed by atoms with Crippen molar-refractivity contribution in [3.8, 4) is 0 Å². The Morgan fingerprint density at radius 2 is 2.24 bits per heavy atom. The second-order valence-electron chi connectivity index (χ2n) is 6.78. The number of rotatable bonds is 7. The Hall–Kier alpha value is -0.980. The number of methoxy groups -OCH3 is 1. The number of hydrogen-bond donors (Lipinski definition) is 1. The third kappa shape index (κ3) is 5.05. The quantitative estimate of drug-likeness (QED) is 0.824. The molecule has 1 atom stereocenters. The molecule has 2 heterocycles. The summed E-state index contributed by atoms with van der Waals surface area (Å²) >= 11 is 0. The van der Waals surface area contributed by atoms with E-state index in [9.17, 15) is 0 Å². The SMILES string of the molecule is COCCN(Cc1nc(C(C)(C)C)no1)CC1CCCN1. The van der Waals surface area contributed by atoms with Crippen LogP contribution in [0.4, 0.5) is 0 Å². The summed E-state index contributed by atoms with van der Waals surface area (Å²) in [6.45, 7) is 10.7. The van der Waals surface area contributed by atoms with E-state index in [1.807, 2.05) is 0 Å². The van der Waals surface area contributed by atoms with E-state index in [-0.39, 0.29) is 5.41 Å². The first-order chi connectivity index (χ1) is 9.99. The van der Waals surface area contributed by atoms with E-state index in [2.05, 4.69) is 41.1 Å². The van der Waals surface area contributed by atoms with Gasteiger partial charge in [-0.15, -0.1) is 0 Å². The minimum atomic E-state index is -0.0773. The van der Waals surface area contributed by atoms with Crippen LogP contribution >= 0.6 is 0 Å². The summed E-state index contributed by atoms with van der Waals surface area (Å²) in [5.41, 5.74) is -0.0773. The molecular formula is C15H28N4O2. The van der Waals surface area contributed by atoms with Gasteiger partial charge in [0.1, 0.15) is 0 Å². The van der Waals surface area contributed by atoms with Crippen molar-refractivity contribution in [2.75, 3.05) is 33.4 Å². The van der Waals surface area contributed by atoms with E-state index >= 15 is 0 Å². The number of nitrogens with zero attached hydrogens (tertiary/aromatic N) is 3. The van der Waals surface area contributed by atoms with E-state index in [0.717, 1.165) is 25.5 Å². The molecule has 2 rings (SSSR count). The lowest BCUT2D eigenvalue weighted by Gasteiger charge is -2.23. The van der Waals surface area contributed by atoms with Crippen molar-refractivity contribution in [2.24, 2.45) is 0 Å². The predicted octanol–water partition coefficient (Wildman–Crippen LogP) is 1.57. The minimum absolute atomic E-state index is 0.0773. The van der Waals surface area contributed by atoms with E-state index < -0.39 is 0 Å². The van der Waals surface area contributed by atoms with Gasteiger partial charge in [0.05, 0.1) is 13.2 Å². The zero-order chi connectivity index (χ0) is 15.3. The smallest absolute Gasteiger partial charge is 0.240 e. The third-order valence-corrected chi connectivity index (χ3v) is 3.75. The van der Waals surface area contributed by atoms with Crippen molar-refractivity contribution < 1.29 is 9.26 Å². The maximum atomic E-state index is 5.40. The van der Waals surface area contributed by atoms with Gasteiger partial charge in [-0.2, -0.15) is 4.98 Å². The van der Waals surface area contributed by atoms with Gasteiger partial charge in [0.15, 0.2) is 5.82 Å². The first-order valence-corrected chi connectivity index (χ1v) is 7.77. The van der Waals surface area contributed by atoms with Gasteiger partial charge < -0.3 is 14.6 Å². The van der Waals surface area contributed by atoms with Crippen molar-refractivity contribution in [2.45, 2.75) is 51.6 Å². The molecule has 6 nitrogen and oxygen atoms in total. The summed E-state index contributed by atoms with van der Waals surface area (Å²) in [5, 5.41) is 7.62. The largest absolute Gasteiger partial charge is 0.383 e. The molecule has 0 aromatic carbocycles. The lowest BCUT2D eigenvalue weighted by Crippen LogP contribution is -2.38. The first kappa shape index (κ1) is 16.4. The van der Waals surface area contributed by atoms with Crippen LogP contribution in [-0.2, 0) is 16.7 Å². The highest BCUT2D eigenvalue weighted by molar-refractivity contribution is 5.00. The molecular weight excluding hydrogens is 268 g/mol. The summed E-state index contributed by atoms with van der Waals surface area (Å²) in [7, 11) is 1.73. The summed E-state index contributed by atoms with van der Waals surface area (Å²) < 4.78 is 10.6. The molecule has 6 heteroatoms. The molecule has 0 bridgehead atoms. The van der Waals surface area contributed by atoms with Gasteiger partial charge in [-0.05, 0) is 19.4 Å². The van der Waals surface area contributed by atoms with Crippen molar-refractivity contribution in [3.63, 3.8) is 0 Å². The van der Waals surface area contributed by atoms with Crippen LogP contribution < -0.4 is 5.32 Å². The molecule has 1 aliphatic heterocycles. The number of hydrogen-bond acceptors (Lipinski definition) is 6. The highest BCUT2D eigenvalue weighted by atomic mass is 16.5. The highest BCUT2D eigenvalue weighted by Crippen LogP contribution is 2.19. The van der Waals surface area contributed by atoms with Crippen LogP contribution in [0.3, 0.4) is 0 Å².